The quantitative estimate of drug-likeness (QED) is 0.693. The SMILES string of the molecule is CCCOCCc1nc(N2CCNCC2)n[nH]1. The molecule has 1 aliphatic heterocycles. The molecule has 1 saturated heterocycles. The summed E-state index contributed by atoms with van der Waals surface area (Å²) in [6.45, 7) is 7.60. The summed E-state index contributed by atoms with van der Waals surface area (Å²) in [6.07, 6.45) is 1.86. The van der Waals surface area contributed by atoms with E-state index in [0.29, 0.717) is 6.61 Å². The van der Waals surface area contributed by atoms with Gasteiger partial charge in [-0.25, -0.2) is 0 Å². The molecular weight excluding hydrogens is 218 g/mol. The molecule has 0 atom stereocenters. The van der Waals surface area contributed by atoms with E-state index in [0.717, 1.165) is 57.4 Å². The Labute approximate surface area is 102 Å². The Morgan fingerprint density at radius 3 is 2.88 bits per heavy atom. The summed E-state index contributed by atoms with van der Waals surface area (Å²) in [6, 6.07) is 0. The van der Waals surface area contributed by atoms with Crippen molar-refractivity contribution >= 4 is 5.95 Å². The molecule has 1 aromatic heterocycles. The van der Waals surface area contributed by atoms with E-state index in [9.17, 15) is 0 Å². The lowest BCUT2D eigenvalue weighted by molar-refractivity contribution is 0.136. The highest BCUT2D eigenvalue weighted by atomic mass is 16.5. The molecule has 1 fully saturated rings. The second kappa shape index (κ2) is 6.56. The first-order chi connectivity index (χ1) is 8.40. The summed E-state index contributed by atoms with van der Waals surface area (Å²) < 4.78 is 5.43. The van der Waals surface area contributed by atoms with Gasteiger partial charge < -0.3 is 15.0 Å². The maximum absolute atomic E-state index is 5.43. The zero-order chi connectivity index (χ0) is 11.9. The van der Waals surface area contributed by atoms with E-state index in [-0.39, 0.29) is 0 Å². The molecule has 0 radical (unpaired) electrons. The molecule has 0 saturated carbocycles. The second-order valence-corrected chi connectivity index (χ2v) is 4.18. The number of H-pyrrole nitrogens is 1. The second-order valence-electron chi connectivity index (χ2n) is 4.18. The number of aromatic nitrogens is 3. The summed E-state index contributed by atoms with van der Waals surface area (Å²) in [5, 5.41) is 10.5. The van der Waals surface area contributed by atoms with Crippen molar-refractivity contribution in [2.45, 2.75) is 19.8 Å². The number of nitrogens with one attached hydrogen (secondary N) is 2. The molecule has 6 nitrogen and oxygen atoms in total. The normalized spacial score (nSPS) is 16.4. The predicted octanol–water partition coefficient (Wildman–Crippen LogP) is 0.183. The maximum atomic E-state index is 5.43. The van der Waals surface area contributed by atoms with Gasteiger partial charge in [0.25, 0.3) is 0 Å². The summed E-state index contributed by atoms with van der Waals surface area (Å²) in [5.41, 5.74) is 0. The number of piperazine rings is 1. The molecule has 1 aromatic rings. The standard InChI is InChI=1S/C11H21N5O/c1-2-8-17-9-3-10-13-11(15-14-10)16-6-4-12-5-7-16/h12H,2-9H2,1H3,(H,13,14,15). The summed E-state index contributed by atoms with van der Waals surface area (Å²) in [4.78, 5) is 6.68. The van der Waals surface area contributed by atoms with E-state index >= 15 is 0 Å². The van der Waals surface area contributed by atoms with Gasteiger partial charge in [-0.2, -0.15) is 4.98 Å². The number of anilines is 1. The van der Waals surface area contributed by atoms with Crippen LogP contribution in [0.25, 0.3) is 0 Å². The molecule has 0 aliphatic carbocycles. The van der Waals surface area contributed by atoms with Crippen LogP contribution in [0.3, 0.4) is 0 Å². The van der Waals surface area contributed by atoms with Crippen molar-refractivity contribution in [3.8, 4) is 0 Å². The van der Waals surface area contributed by atoms with Crippen molar-refractivity contribution in [3.05, 3.63) is 5.82 Å². The van der Waals surface area contributed by atoms with Crippen molar-refractivity contribution in [3.63, 3.8) is 0 Å². The Morgan fingerprint density at radius 1 is 1.29 bits per heavy atom. The third kappa shape index (κ3) is 3.67. The number of rotatable bonds is 6. The first-order valence-electron chi connectivity index (χ1n) is 6.35. The zero-order valence-electron chi connectivity index (χ0n) is 10.4. The molecule has 0 aromatic carbocycles. The van der Waals surface area contributed by atoms with Crippen molar-refractivity contribution in [1.82, 2.24) is 20.5 Å². The lowest BCUT2D eigenvalue weighted by Crippen LogP contribution is -2.44. The highest BCUT2D eigenvalue weighted by molar-refractivity contribution is 5.29. The number of nitrogens with zero attached hydrogens (tertiary/aromatic N) is 3. The highest BCUT2D eigenvalue weighted by Crippen LogP contribution is 2.07. The third-order valence-corrected chi connectivity index (χ3v) is 2.75. The molecule has 0 bridgehead atoms. The molecular formula is C11H21N5O. The lowest BCUT2D eigenvalue weighted by Gasteiger charge is -2.25. The molecule has 0 spiro atoms. The van der Waals surface area contributed by atoms with Crippen molar-refractivity contribution in [2.75, 3.05) is 44.3 Å². The Kier molecular flexibility index (Phi) is 4.75. The van der Waals surface area contributed by atoms with Gasteiger partial charge in [0.05, 0.1) is 6.61 Å². The number of ether oxygens (including phenoxy) is 1. The molecule has 2 rings (SSSR count). The van der Waals surface area contributed by atoms with Gasteiger partial charge in [-0.15, -0.1) is 5.10 Å². The van der Waals surface area contributed by atoms with Crippen LogP contribution in [0.2, 0.25) is 0 Å². The lowest BCUT2D eigenvalue weighted by atomic mass is 10.4. The minimum atomic E-state index is 0.712. The minimum Gasteiger partial charge on any atom is -0.381 e. The molecule has 0 amide bonds. The minimum absolute atomic E-state index is 0.712. The fourth-order valence-corrected chi connectivity index (χ4v) is 1.82. The molecule has 2 N–H and O–H groups in total. The van der Waals surface area contributed by atoms with E-state index < -0.39 is 0 Å². The predicted molar refractivity (Wildman–Crippen MR) is 66.3 cm³/mol. The third-order valence-electron chi connectivity index (χ3n) is 2.75. The van der Waals surface area contributed by atoms with Crippen molar-refractivity contribution < 1.29 is 4.74 Å². The van der Waals surface area contributed by atoms with Crippen LogP contribution >= 0.6 is 0 Å². The molecule has 6 heteroatoms. The molecule has 96 valence electrons. The van der Waals surface area contributed by atoms with E-state index in [1.807, 2.05) is 0 Å². The summed E-state index contributed by atoms with van der Waals surface area (Å²) >= 11 is 0. The first kappa shape index (κ1) is 12.3. The molecule has 0 unspecified atom stereocenters. The average Bonchev–Trinajstić information content (AvgIpc) is 2.85. The van der Waals surface area contributed by atoms with Crippen LogP contribution in [0, 0.1) is 0 Å². The van der Waals surface area contributed by atoms with Crippen LogP contribution in [0.4, 0.5) is 5.95 Å². The number of hydrogen-bond acceptors (Lipinski definition) is 5. The topological polar surface area (TPSA) is 66.1 Å². The van der Waals surface area contributed by atoms with Crippen LogP contribution in [-0.4, -0.2) is 54.6 Å². The fourth-order valence-electron chi connectivity index (χ4n) is 1.82. The van der Waals surface area contributed by atoms with E-state index in [1.54, 1.807) is 0 Å². The summed E-state index contributed by atoms with van der Waals surface area (Å²) in [7, 11) is 0. The van der Waals surface area contributed by atoms with E-state index in [4.69, 9.17) is 4.74 Å². The first-order valence-corrected chi connectivity index (χ1v) is 6.35. The van der Waals surface area contributed by atoms with E-state index in [1.165, 1.54) is 0 Å². The average molecular weight is 239 g/mol. The van der Waals surface area contributed by atoms with Gasteiger partial charge in [0, 0.05) is 39.2 Å². The zero-order valence-corrected chi connectivity index (χ0v) is 10.4. The Bertz CT molecular complexity index is 321. The fraction of sp³-hybridized carbons (Fsp3) is 0.818. The smallest absolute Gasteiger partial charge is 0.244 e. The van der Waals surface area contributed by atoms with Crippen LogP contribution in [0.5, 0.6) is 0 Å². The summed E-state index contributed by atoms with van der Waals surface area (Å²) in [5.74, 6) is 1.73. The van der Waals surface area contributed by atoms with Crippen LogP contribution in [0.1, 0.15) is 19.2 Å². The maximum Gasteiger partial charge on any atom is 0.244 e. The van der Waals surface area contributed by atoms with Crippen molar-refractivity contribution in [2.24, 2.45) is 0 Å². The van der Waals surface area contributed by atoms with Gasteiger partial charge >= 0.3 is 0 Å². The van der Waals surface area contributed by atoms with Crippen LogP contribution in [-0.2, 0) is 11.2 Å². The number of aromatic amines is 1. The van der Waals surface area contributed by atoms with Gasteiger partial charge in [0.1, 0.15) is 5.82 Å². The highest BCUT2D eigenvalue weighted by Gasteiger charge is 2.14. The van der Waals surface area contributed by atoms with E-state index in [2.05, 4.69) is 32.3 Å². The Balaban J connectivity index is 1.78. The van der Waals surface area contributed by atoms with Crippen LogP contribution < -0.4 is 10.2 Å². The number of hydrogen-bond donors (Lipinski definition) is 2. The van der Waals surface area contributed by atoms with Gasteiger partial charge in [-0.05, 0) is 6.42 Å². The Hall–Kier alpha value is -1.14. The molecule has 1 aliphatic rings. The largest absolute Gasteiger partial charge is 0.381 e. The van der Waals surface area contributed by atoms with Gasteiger partial charge in [0.15, 0.2) is 0 Å². The Morgan fingerprint density at radius 2 is 2.12 bits per heavy atom. The molecule has 17 heavy (non-hydrogen) atoms. The van der Waals surface area contributed by atoms with Gasteiger partial charge in [-0.1, -0.05) is 6.92 Å². The van der Waals surface area contributed by atoms with Gasteiger partial charge in [0.2, 0.25) is 5.95 Å². The van der Waals surface area contributed by atoms with Gasteiger partial charge in [-0.3, -0.25) is 5.10 Å². The monoisotopic (exact) mass is 239 g/mol. The van der Waals surface area contributed by atoms with Crippen LogP contribution in [0.15, 0.2) is 0 Å². The van der Waals surface area contributed by atoms with Crippen molar-refractivity contribution in [1.29, 1.82) is 0 Å². The molecule has 2 heterocycles.